The van der Waals surface area contributed by atoms with Gasteiger partial charge in [0.15, 0.2) is 5.78 Å². The van der Waals surface area contributed by atoms with Crippen molar-refractivity contribution < 1.29 is 18.7 Å². The number of hydrogen-bond donors (Lipinski definition) is 0. The molecule has 0 N–H and O–H groups in total. The molecule has 0 fully saturated rings. The first kappa shape index (κ1) is 16.2. The molecule has 0 saturated carbocycles. The molecule has 1 aliphatic carbocycles. The summed E-state index contributed by atoms with van der Waals surface area (Å²) in [5.74, 6) is -1.27. The van der Waals surface area contributed by atoms with Gasteiger partial charge in [0.05, 0.1) is 12.9 Å². The van der Waals surface area contributed by atoms with E-state index in [4.69, 9.17) is 9.15 Å². The lowest BCUT2D eigenvalue weighted by atomic mass is 9.77. The molecule has 1 aliphatic rings. The van der Waals surface area contributed by atoms with Crippen molar-refractivity contribution in [1.29, 1.82) is 0 Å². The summed E-state index contributed by atoms with van der Waals surface area (Å²) < 4.78 is 11.5. The smallest absolute Gasteiger partial charge is 0.317 e. The molecular weight excluding hydrogens is 380 g/mol. The number of carbonyl (C=O) groups is 2. The predicted molar refractivity (Wildman–Crippen MR) is 91.2 cm³/mol. The number of rotatable bonds is 4. The van der Waals surface area contributed by atoms with Crippen LogP contribution in [0, 0.1) is 5.92 Å². The van der Waals surface area contributed by atoms with Gasteiger partial charge >= 0.3 is 5.97 Å². The summed E-state index contributed by atoms with van der Waals surface area (Å²) >= 11 is 5.07. The summed E-state index contributed by atoms with van der Waals surface area (Å²) in [5.41, 5.74) is 0.916. The van der Waals surface area contributed by atoms with Crippen LogP contribution in [0.2, 0.25) is 0 Å². The van der Waals surface area contributed by atoms with E-state index in [1.807, 2.05) is 11.4 Å². The maximum Gasteiger partial charge on any atom is 0.317 e. The van der Waals surface area contributed by atoms with Crippen LogP contribution in [0.3, 0.4) is 0 Å². The van der Waals surface area contributed by atoms with Crippen molar-refractivity contribution in [3.05, 3.63) is 51.0 Å². The fourth-order valence-corrected chi connectivity index (χ4v) is 4.49. The molecule has 0 unspecified atom stereocenters. The van der Waals surface area contributed by atoms with Crippen LogP contribution in [-0.2, 0) is 14.3 Å². The van der Waals surface area contributed by atoms with Gasteiger partial charge in [-0.3, -0.25) is 9.59 Å². The number of esters is 1. The lowest BCUT2D eigenvalue weighted by Gasteiger charge is -2.27. The summed E-state index contributed by atoms with van der Waals surface area (Å²) in [6.45, 7) is 1.98. The Morgan fingerprint density at radius 3 is 2.91 bits per heavy atom. The highest BCUT2D eigenvalue weighted by atomic mass is 79.9. The molecule has 0 aliphatic heterocycles. The van der Waals surface area contributed by atoms with E-state index in [9.17, 15) is 9.59 Å². The van der Waals surface area contributed by atoms with Crippen LogP contribution in [0.4, 0.5) is 0 Å². The zero-order chi connectivity index (χ0) is 16.4. The third-order valence-corrected chi connectivity index (χ3v) is 5.74. The van der Waals surface area contributed by atoms with Crippen LogP contribution in [0.5, 0.6) is 0 Å². The van der Waals surface area contributed by atoms with Crippen LogP contribution in [-0.4, -0.2) is 18.4 Å². The van der Waals surface area contributed by atoms with Crippen molar-refractivity contribution >= 4 is 44.6 Å². The molecule has 6 heteroatoms. The number of furan rings is 1. The molecule has 0 radical (unpaired) electrons. The molecule has 3 rings (SSSR count). The summed E-state index contributed by atoms with van der Waals surface area (Å²) in [4.78, 5) is 25.9. The minimum Gasteiger partial charge on any atom is -0.469 e. The fraction of sp³-hybridized carbons (Fsp3) is 0.294. The summed E-state index contributed by atoms with van der Waals surface area (Å²) in [6.07, 6.45) is 3.68. The molecule has 2 aromatic rings. The van der Waals surface area contributed by atoms with Crippen molar-refractivity contribution in [2.75, 3.05) is 6.61 Å². The van der Waals surface area contributed by atoms with E-state index in [1.165, 1.54) is 0 Å². The standard InChI is InChI=1S/C17H15BrO4S/c1-2-21-17(20)15-11(14-4-3-6-22-14)8-10(9-13(15)19)16-12(18)5-7-23-16/h3-7,9,11,15H,2,8H2,1H3/t11-,15-/m1/s1. The van der Waals surface area contributed by atoms with E-state index in [-0.39, 0.29) is 18.3 Å². The van der Waals surface area contributed by atoms with Crippen LogP contribution in [0.25, 0.3) is 5.57 Å². The molecule has 120 valence electrons. The van der Waals surface area contributed by atoms with E-state index >= 15 is 0 Å². The highest BCUT2D eigenvalue weighted by Gasteiger charge is 2.41. The van der Waals surface area contributed by atoms with E-state index in [0.717, 1.165) is 14.9 Å². The third-order valence-electron chi connectivity index (χ3n) is 3.82. The van der Waals surface area contributed by atoms with E-state index in [2.05, 4.69) is 15.9 Å². The van der Waals surface area contributed by atoms with Gasteiger partial charge in [-0.25, -0.2) is 0 Å². The molecular formula is C17H15BrO4S. The number of hydrogen-bond acceptors (Lipinski definition) is 5. The fourth-order valence-electron chi connectivity index (χ4n) is 2.83. The molecule has 2 heterocycles. The van der Waals surface area contributed by atoms with Crippen molar-refractivity contribution in [3.8, 4) is 0 Å². The molecule has 2 atom stereocenters. The van der Waals surface area contributed by atoms with E-state index in [0.29, 0.717) is 12.2 Å². The molecule has 23 heavy (non-hydrogen) atoms. The second-order valence-electron chi connectivity index (χ2n) is 5.23. The average Bonchev–Trinajstić information content (AvgIpc) is 3.17. The van der Waals surface area contributed by atoms with Crippen molar-refractivity contribution in [2.45, 2.75) is 19.3 Å². The maximum absolute atomic E-state index is 12.6. The van der Waals surface area contributed by atoms with Crippen molar-refractivity contribution in [1.82, 2.24) is 0 Å². The molecule has 0 spiro atoms. The van der Waals surface area contributed by atoms with Crippen LogP contribution >= 0.6 is 27.3 Å². The molecule has 0 saturated heterocycles. The first-order valence-electron chi connectivity index (χ1n) is 7.29. The zero-order valence-electron chi connectivity index (χ0n) is 12.5. The van der Waals surface area contributed by atoms with E-state index < -0.39 is 11.9 Å². The third kappa shape index (κ3) is 3.19. The normalized spacial score (nSPS) is 21.1. The van der Waals surface area contributed by atoms with Gasteiger partial charge in [-0.05, 0) is 64.5 Å². The van der Waals surface area contributed by atoms with Gasteiger partial charge in [0, 0.05) is 15.3 Å². The zero-order valence-corrected chi connectivity index (χ0v) is 14.9. The molecule has 2 aromatic heterocycles. The maximum atomic E-state index is 12.6. The first-order chi connectivity index (χ1) is 11.1. The summed E-state index contributed by atoms with van der Waals surface area (Å²) in [5, 5.41) is 1.96. The van der Waals surface area contributed by atoms with Crippen molar-refractivity contribution in [2.24, 2.45) is 5.92 Å². The number of ether oxygens (including phenoxy) is 1. The lowest BCUT2D eigenvalue weighted by molar-refractivity contribution is -0.151. The highest BCUT2D eigenvalue weighted by molar-refractivity contribution is 9.10. The quantitative estimate of drug-likeness (QED) is 0.568. The van der Waals surface area contributed by atoms with Gasteiger partial charge < -0.3 is 9.15 Å². The topological polar surface area (TPSA) is 56.5 Å². The van der Waals surface area contributed by atoms with Gasteiger partial charge in [-0.15, -0.1) is 11.3 Å². The lowest BCUT2D eigenvalue weighted by Crippen LogP contribution is -2.33. The highest BCUT2D eigenvalue weighted by Crippen LogP contribution is 2.43. The monoisotopic (exact) mass is 394 g/mol. The number of thiophene rings is 1. The predicted octanol–water partition coefficient (Wildman–Crippen LogP) is 4.42. The number of carbonyl (C=O) groups excluding carboxylic acids is 2. The minimum absolute atomic E-state index is 0.230. The van der Waals surface area contributed by atoms with E-state index in [1.54, 1.807) is 42.7 Å². The minimum atomic E-state index is -0.844. The Labute approximate surface area is 146 Å². The molecule has 0 aromatic carbocycles. The SMILES string of the molecule is CCOC(=O)[C@H]1C(=O)C=C(c2sccc2Br)C[C@@H]1c1ccco1. The Morgan fingerprint density at radius 2 is 2.30 bits per heavy atom. The Bertz CT molecular complexity index is 744. The summed E-state index contributed by atoms with van der Waals surface area (Å²) in [6, 6.07) is 5.52. The van der Waals surface area contributed by atoms with Gasteiger partial charge in [0.25, 0.3) is 0 Å². The Kier molecular flexibility index (Phi) is 4.82. The van der Waals surface area contributed by atoms with Gasteiger partial charge in [-0.2, -0.15) is 0 Å². The van der Waals surface area contributed by atoms with Gasteiger partial charge in [-0.1, -0.05) is 0 Å². The molecule has 4 nitrogen and oxygen atoms in total. The van der Waals surface area contributed by atoms with Gasteiger partial charge in [0.2, 0.25) is 0 Å². The Balaban J connectivity index is 2.00. The number of halogens is 1. The second-order valence-corrected chi connectivity index (χ2v) is 7.00. The van der Waals surface area contributed by atoms with Crippen LogP contribution in [0.1, 0.15) is 29.9 Å². The molecule has 0 amide bonds. The summed E-state index contributed by atoms with van der Waals surface area (Å²) in [7, 11) is 0. The second kappa shape index (κ2) is 6.84. The molecule has 0 bridgehead atoms. The average molecular weight is 395 g/mol. The van der Waals surface area contributed by atoms with Gasteiger partial charge in [0.1, 0.15) is 11.7 Å². The van der Waals surface area contributed by atoms with Crippen LogP contribution < -0.4 is 0 Å². The Hall–Kier alpha value is -1.66. The Morgan fingerprint density at radius 1 is 1.48 bits per heavy atom. The number of allylic oxidation sites excluding steroid dienone is 2. The first-order valence-corrected chi connectivity index (χ1v) is 8.97. The van der Waals surface area contributed by atoms with Crippen LogP contribution in [0.15, 0.2) is 44.8 Å². The largest absolute Gasteiger partial charge is 0.469 e. The number of ketones is 1. The van der Waals surface area contributed by atoms with Crippen molar-refractivity contribution in [3.63, 3.8) is 0 Å².